The van der Waals surface area contributed by atoms with E-state index in [1.54, 1.807) is 24.3 Å². The van der Waals surface area contributed by atoms with Crippen LogP contribution in [0.5, 0.6) is 0 Å². The molecule has 4 N–H and O–H groups in total. The van der Waals surface area contributed by atoms with E-state index < -0.39 is 0 Å². The van der Waals surface area contributed by atoms with Crippen LogP contribution in [0.25, 0.3) is 0 Å². The van der Waals surface area contributed by atoms with Gasteiger partial charge in [0.15, 0.2) is 0 Å². The number of nitrogens with zero attached hydrogens (tertiary/aromatic N) is 1. The van der Waals surface area contributed by atoms with Crippen molar-refractivity contribution in [2.24, 2.45) is 0 Å². The zero-order valence-corrected chi connectivity index (χ0v) is 11.6. The molecule has 0 aliphatic carbocycles. The van der Waals surface area contributed by atoms with Gasteiger partial charge in [0.2, 0.25) is 11.8 Å². The van der Waals surface area contributed by atoms with E-state index in [1.807, 2.05) is 11.8 Å². The summed E-state index contributed by atoms with van der Waals surface area (Å²) in [5.74, 6) is -0.0547. The first-order chi connectivity index (χ1) is 9.56. The Bertz CT molecular complexity index is 504. The van der Waals surface area contributed by atoms with E-state index >= 15 is 0 Å². The molecule has 1 saturated heterocycles. The molecule has 1 aliphatic rings. The third-order valence-corrected chi connectivity index (χ3v) is 3.43. The Morgan fingerprint density at radius 1 is 1.45 bits per heavy atom. The number of benzene rings is 1. The second-order valence-electron chi connectivity index (χ2n) is 4.93. The molecule has 1 aliphatic heterocycles. The normalized spacial score (nSPS) is 17.9. The molecule has 0 radical (unpaired) electrons. The highest BCUT2D eigenvalue weighted by atomic mass is 16.2. The molecule has 6 heteroatoms. The highest BCUT2D eigenvalue weighted by Gasteiger charge is 2.23. The van der Waals surface area contributed by atoms with Gasteiger partial charge in [-0.15, -0.1) is 0 Å². The van der Waals surface area contributed by atoms with Gasteiger partial charge in [-0.2, -0.15) is 0 Å². The number of hydrogen-bond donors (Lipinski definition) is 3. The Morgan fingerprint density at radius 2 is 2.25 bits per heavy atom. The van der Waals surface area contributed by atoms with Crippen molar-refractivity contribution in [1.29, 1.82) is 0 Å². The topological polar surface area (TPSA) is 87.5 Å². The maximum absolute atomic E-state index is 12.2. The molecule has 0 bridgehead atoms. The van der Waals surface area contributed by atoms with Crippen molar-refractivity contribution < 1.29 is 9.59 Å². The summed E-state index contributed by atoms with van der Waals surface area (Å²) >= 11 is 0. The highest BCUT2D eigenvalue weighted by Crippen LogP contribution is 2.13. The Balaban J connectivity index is 1.96. The minimum Gasteiger partial charge on any atom is -0.399 e. The fourth-order valence-electron chi connectivity index (χ4n) is 2.20. The lowest BCUT2D eigenvalue weighted by molar-refractivity contribution is -0.122. The average Bonchev–Trinajstić information content (AvgIpc) is 2.62. The monoisotopic (exact) mass is 276 g/mol. The molecule has 1 heterocycles. The SMILES string of the molecule is CC(C(=O)Nc1cccc(N)c1)N1CCNC(=O)CC1. The quantitative estimate of drug-likeness (QED) is 0.698. The van der Waals surface area contributed by atoms with Crippen LogP contribution in [0.2, 0.25) is 0 Å². The molecule has 1 fully saturated rings. The van der Waals surface area contributed by atoms with E-state index in [2.05, 4.69) is 10.6 Å². The minimum atomic E-state index is -0.288. The summed E-state index contributed by atoms with van der Waals surface area (Å²) in [7, 11) is 0. The van der Waals surface area contributed by atoms with Crippen molar-refractivity contribution in [2.45, 2.75) is 19.4 Å². The van der Waals surface area contributed by atoms with Crippen LogP contribution in [0.1, 0.15) is 13.3 Å². The third-order valence-electron chi connectivity index (χ3n) is 3.43. The second-order valence-corrected chi connectivity index (χ2v) is 4.93. The van der Waals surface area contributed by atoms with E-state index in [9.17, 15) is 9.59 Å². The highest BCUT2D eigenvalue weighted by molar-refractivity contribution is 5.95. The lowest BCUT2D eigenvalue weighted by Crippen LogP contribution is -2.43. The summed E-state index contributed by atoms with van der Waals surface area (Å²) in [5, 5.41) is 5.64. The van der Waals surface area contributed by atoms with E-state index in [0.29, 0.717) is 37.4 Å². The molecule has 2 rings (SSSR count). The van der Waals surface area contributed by atoms with Gasteiger partial charge in [0.05, 0.1) is 6.04 Å². The van der Waals surface area contributed by atoms with Crippen LogP contribution in [-0.2, 0) is 9.59 Å². The number of anilines is 2. The van der Waals surface area contributed by atoms with Gasteiger partial charge >= 0.3 is 0 Å². The Kier molecular flexibility index (Phi) is 4.57. The molecule has 1 aromatic carbocycles. The van der Waals surface area contributed by atoms with Crippen molar-refractivity contribution in [3.05, 3.63) is 24.3 Å². The van der Waals surface area contributed by atoms with Gasteiger partial charge < -0.3 is 16.4 Å². The van der Waals surface area contributed by atoms with Crippen molar-refractivity contribution >= 4 is 23.2 Å². The Labute approximate surface area is 118 Å². The number of nitrogens with two attached hydrogens (primary N) is 1. The molecule has 0 saturated carbocycles. The molecular formula is C14H20N4O2. The van der Waals surface area contributed by atoms with E-state index in [1.165, 1.54) is 0 Å². The number of nitrogens with one attached hydrogen (secondary N) is 2. The van der Waals surface area contributed by atoms with Gasteiger partial charge in [-0.3, -0.25) is 14.5 Å². The van der Waals surface area contributed by atoms with Crippen LogP contribution in [0.4, 0.5) is 11.4 Å². The summed E-state index contributed by atoms with van der Waals surface area (Å²) < 4.78 is 0. The van der Waals surface area contributed by atoms with Crippen molar-refractivity contribution in [1.82, 2.24) is 10.2 Å². The van der Waals surface area contributed by atoms with E-state index in [0.717, 1.165) is 0 Å². The standard InChI is InChI=1S/C14H20N4O2/c1-10(18-7-5-13(19)16-6-8-18)14(20)17-12-4-2-3-11(15)9-12/h2-4,9-10H,5-8,15H2,1H3,(H,16,19)(H,17,20). The maximum atomic E-state index is 12.2. The van der Waals surface area contributed by atoms with Crippen LogP contribution in [0.3, 0.4) is 0 Å². The predicted octanol–water partition coefficient (Wildman–Crippen LogP) is 0.418. The number of carbonyl (C=O) groups excluding carboxylic acids is 2. The molecule has 1 unspecified atom stereocenters. The van der Waals surface area contributed by atoms with Gasteiger partial charge in [-0.25, -0.2) is 0 Å². The lowest BCUT2D eigenvalue weighted by Gasteiger charge is -2.25. The Morgan fingerprint density at radius 3 is 3.00 bits per heavy atom. The summed E-state index contributed by atoms with van der Waals surface area (Å²) in [5.41, 5.74) is 6.98. The predicted molar refractivity (Wildman–Crippen MR) is 78.1 cm³/mol. The molecule has 2 amide bonds. The zero-order valence-electron chi connectivity index (χ0n) is 11.6. The first-order valence-electron chi connectivity index (χ1n) is 6.73. The van der Waals surface area contributed by atoms with Crippen LogP contribution >= 0.6 is 0 Å². The zero-order chi connectivity index (χ0) is 14.5. The van der Waals surface area contributed by atoms with Crippen LogP contribution in [-0.4, -0.2) is 42.4 Å². The van der Waals surface area contributed by atoms with Crippen LogP contribution in [0, 0.1) is 0 Å². The van der Waals surface area contributed by atoms with Crippen molar-refractivity contribution in [2.75, 3.05) is 30.7 Å². The molecule has 6 nitrogen and oxygen atoms in total. The minimum absolute atomic E-state index is 0.0379. The summed E-state index contributed by atoms with van der Waals surface area (Å²) in [6.45, 7) is 3.70. The van der Waals surface area contributed by atoms with Gasteiger partial charge in [0.1, 0.15) is 0 Å². The summed E-state index contributed by atoms with van der Waals surface area (Å²) in [6, 6.07) is 6.80. The molecular weight excluding hydrogens is 256 g/mol. The third kappa shape index (κ3) is 3.71. The van der Waals surface area contributed by atoms with E-state index in [4.69, 9.17) is 5.73 Å². The fraction of sp³-hybridized carbons (Fsp3) is 0.429. The van der Waals surface area contributed by atoms with Gasteiger partial charge in [-0.1, -0.05) is 6.07 Å². The van der Waals surface area contributed by atoms with Gasteiger partial charge in [-0.05, 0) is 25.1 Å². The first kappa shape index (κ1) is 14.3. The molecule has 108 valence electrons. The smallest absolute Gasteiger partial charge is 0.241 e. The maximum Gasteiger partial charge on any atom is 0.241 e. The molecule has 0 aromatic heterocycles. The van der Waals surface area contributed by atoms with Gasteiger partial charge in [0, 0.05) is 37.4 Å². The number of hydrogen-bond acceptors (Lipinski definition) is 4. The molecule has 0 spiro atoms. The Hall–Kier alpha value is -2.08. The van der Waals surface area contributed by atoms with Crippen molar-refractivity contribution in [3.8, 4) is 0 Å². The first-order valence-corrected chi connectivity index (χ1v) is 6.73. The second kappa shape index (κ2) is 6.38. The van der Waals surface area contributed by atoms with Crippen LogP contribution in [0.15, 0.2) is 24.3 Å². The molecule has 1 aromatic rings. The number of carbonyl (C=O) groups is 2. The lowest BCUT2D eigenvalue weighted by atomic mass is 10.2. The molecule has 1 atom stereocenters. The average molecular weight is 276 g/mol. The summed E-state index contributed by atoms with van der Waals surface area (Å²) in [6.07, 6.45) is 0.426. The number of amides is 2. The number of nitrogen functional groups attached to an aromatic ring is 1. The van der Waals surface area contributed by atoms with Crippen LogP contribution < -0.4 is 16.4 Å². The largest absolute Gasteiger partial charge is 0.399 e. The number of rotatable bonds is 3. The van der Waals surface area contributed by atoms with E-state index in [-0.39, 0.29) is 17.9 Å². The van der Waals surface area contributed by atoms with Gasteiger partial charge in [0.25, 0.3) is 0 Å². The van der Waals surface area contributed by atoms with Crippen molar-refractivity contribution in [3.63, 3.8) is 0 Å². The fourth-order valence-corrected chi connectivity index (χ4v) is 2.20. The summed E-state index contributed by atoms with van der Waals surface area (Å²) in [4.78, 5) is 25.5. The molecule has 20 heavy (non-hydrogen) atoms.